The average molecular weight is 501 g/mol. The molecule has 0 saturated carbocycles. The normalized spacial score (nSPS) is 11.6. The second-order valence-corrected chi connectivity index (χ2v) is 8.13. The Labute approximate surface area is 204 Å². The number of rotatable bonds is 9. The van der Waals surface area contributed by atoms with Crippen molar-refractivity contribution in [3.05, 3.63) is 69.9 Å². The zero-order valence-corrected chi connectivity index (χ0v) is 19.4. The molecule has 0 radical (unpaired) electrons. The summed E-state index contributed by atoms with van der Waals surface area (Å²) >= 11 is 5.75. The number of aliphatic hydroxyl groups is 1. The van der Waals surface area contributed by atoms with E-state index in [-0.39, 0.29) is 35.1 Å². The van der Waals surface area contributed by atoms with E-state index < -0.39 is 42.7 Å². The zero-order valence-electron chi connectivity index (χ0n) is 18.7. The van der Waals surface area contributed by atoms with Gasteiger partial charge in [-0.3, -0.25) is 19.1 Å². The number of hydrogen-bond donors (Lipinski definition) is 3. The summed E-state index contributed by atoms with van der Waals surface area (Å²) in [5.41, 5.74) is 6.16. The summed E-state index contributed by atoms with van der Waals surface area (Å²) in [5, 5.41) is 16.5. The number of fused-ring (bicyclic) bond motifs is 1. The summed E-state index contributed by atoms with van der Waals surface area (Å²) in [6.07, 6.45) is 0. The summed E-state index contributed by atoms with van der Waals surface area (Å²) < 4.78 is 15.3. The lowest BCUT2D eigenvalue weighted by Gasteiger charge is -2.27. The number of nitrogens with zero attached hydrogens (tertiary/aromatic N) is 4. The average Bonchev–Trinajstić information content (AvgIpc) is 3.20. The highest BCUT2D eigenvalue weighted by Gasteiger charge is 2.25. The maximum atomic E-state index is 14.1. The van der Waals surface area contributed by atoms with E-state index >= 15 is 0 Å². The Morgan fingerprint density at radius 2 is 2.09 bits per heavy atom. The van der Waals surface area contributed by atoms with Gasteiger partial charge >= 0.3 is 0 Å². The number of hydrogen-bond acceptors (Lipinski definition) is 5. The smallest absolute Gasteiger partial charge is 0.269 e. The summed E-state index contributed by atoms with van der Waals surface area (Å²) in [6, 6.07) is 8.19. The Morgan fingerprint density at radius 1 is 1.34 bits per heavy atom. The molecule has 182 valence electrons. The van der Waals surface area contributed by atoms with Crippen molar-refractivity contribution in [1.82, 2.24) is 20.0 Å². The van der Waals surface area contributed by atoms with Crippen molar-refractivity contribution >= 4 is 45.9 Å². The molecule has 2 aromatic carbocycles. The predicted molar refractivity (Wildman–Crippen MR) is 126 cm³/mol. The second kappa shape index (κ2) is 10.9. The van der Waals surface area contributed by atoms with Crippen LogP contribution in [0.3, 0.4) is 0 Å². The van der Waals surface area contributed by atoms with Crippen molar-refractivity contribution in [3.63, 3.8) is 0 Å². The number of aromatic nitrogens is 2. The Hall–Kier alpha value is -4.01. The molecule has 3 amide bonds. The summed E-state index contributed by atoms with van der Waals surface area (Å²) in [5.74, 6) is -2.62. The minimum atomic E-state index is -0.823. The van der Waals surface area contributed by atoms with Crippen molar-refractivity contribution in [1.29, 1.82) is 0 Å². The monoisotopic (exact) mass is 500 g/mol. The standard InChI is InChI=1S/C23H22ClFN6O4/c1-13(12-32)30(10-19(33)28-9-14-4-3-5-17(24)21(14)25)20(34)11-31-18-7-6-15(27-2)8-16(18)22(29-31)23(26)35/h3-8,13,32H,9-12H2,1H3,(H2,26,35)(H,28,33)/t13-/m1/s1. The van der Waals surface area contributed by atoms with Gasteiger partial charge in [0.1, 0.15) is 12.4 Å². The molecule has 0 fully saturated rings. The zero-order chi connectivity index (χ0) is 25.7. The summed E-state index contributed by atoms with van der Waals surface area (Å²) in [6.45, 7) is 7.38. The van der Waals surface area contributed by atoms with Crippen LogP contribution in [0.25, 0.3) is 15.7 Å². The highest BCUT2D eigenvalue weighted by Crippen LogP contribution is 2.24. The molecule has 0 aliphatic carbocycles. The van der Waals surface area contributed by atoms with E-state index in [1.807, 2.05) is 0 Å². The lowest BCUT2D eigenvalue weighted by atomic mass is 10.2. The first-order valence-corrected chi connectivity index (χ1v) is 10.8. The van der Waals surface area contributed by atoms with Gasteiger partial charge in [0.05, 0.1) is 36.3 Å². The lowest BCUT2D eigenvalue weighted by Crippen LogP contribution is -2.47. The summed E-state index contributed by atoms with van der Waals surface area (Å²) in [4.78, 5) is 41.9. The third-order valence-corrected chi connectivity index (χ3v) is 5.61. The van der Waals surface area contributed by atoms with E-state index in [1.165, 1.54) is 28.9 Å². The van der Waals surface area contributed by atoms with Crippen LogP contribution < -0.4 is 11.1 Å². The molecule has 0 bridgehead atoms. The molecule has 1 aromatic heterocycles. The van der Waals surface area contributed by atoms with Crippen LogP contribution in [0.1, 0.15) is 23.0 Å². The Balaban J connectivity index is 1.79. The molecule has 35 heavy (non-hydrogen) atoms. The van der Waals surface area contributed by atoms with E-state index in [2.05, 4.69) is 15.3 Å². The topological polar surface area (TPSA) is 135 Å². The van der Waals surface area contributed by atoms with Gasteiger partial charge in [-0.25, -0.2) is 9.24 Å². The maximum Gasteiger partial charge on any atom is 0.269 e. The molecule has 4 N–H and O–H groups in total. The van der Waals surface area contributed by atoms with E-state index in [9.17, 15) is 23.9 Å². The van der Waals surface area contributed by atoms with E-state index in [1.54, 1.807) is 19.1 Å². The Morgan fingerprint density at radius 3 is 2.74 bits per heavy atom. The number of carbonyl (C=O) groups is 3. The number of nitrogens with two attached hydrogens (primary N) is 1. The fourth-order valence-corrected chi connectivity index (χ4v) is 3.63. The van der Waals surface area contributed by atoms with Crippen LogP contribution >= 0.6 is 11.6 Å². The van der Waals surface area contributed by atoms with Crippen LogP contribution in [0.4, 0.5) is 10.1 Å². The highest BCUT2D eigenvalue weighted by atomic mass is 35.5. The van der Waals surface area contributed by atoms with Crippen molar-refractivity contribution in [2.24, 2.45) is 5.73 Å². The molecule has 1 atom stereocenters. The number of halogens is 2. The van der Waals surface area contributed by atoms with Crippen LogP contribution in [-0.2, 0) is 22.7 Å². The first kappa shape index (κ1) is 25.6. The maximum absolute atomic E-state index is 14.1. The van der Waals surface area contributed by atoms with E-state index in [0.29, 0.717) is 10.9 Å². The molecular formula is C23H22ClFN6O4. The minimum Gasteiger partial charge on any atom is -0.394 e. The summed E-state index contributed by atoms with van der Waals surface area (Å²) in [7, 11) is 0. The predicted octanol–water partition coefficient (Wildman–Crippen LogP) is 2.00. The van der Waals surface area contributed by atoms with Gasteiger partial charge in [-0.2, -0.15) is 5.10 Å². The number of nitrogens with one attached hydrogen (secondary N) is 1. The number of aliphatic hydroxyl groups excluding tert-OH is 1. The van der Waals surface area contributed by atoms with E-state index in [0.717, 1.165) is 4.90 Å². The van der Waals surface area contributed by atoms with Gasteiger partial charge in [-0.05, 0) is 25.1 Å². The first-order valence-electron chi connectivity index (χ1n) is 10.4. The van der Waals surface area contributed by atoms with Crippen LogP contribution in [0.2, 0.25) is 5.02 Å². The number of carbonyl (C=O) groups excluding carboxylic acids is 3. The Kier molecular flexibility index (Phi) is 8.01. The van der Waals surface area contributed by atoms with Crippen LogP contribution in [0.15, 0.2) is 36.4 Å². The van der Waals surface area contributed by atoms with Gasteiger partial charge in [0, 0.05) is 17.5 Å². The largest absolute Gasteiger partial charge is 0.394 e. The first-order chi connectivity index (χ1) is 16.7. The van der Waals surface area contributed by atoms with Gasteiger partial charge in [-0.1, -0.05) is 29.8 Å². The van der Waals surface area contributed by atoms with Crippen molar-refractivity contribution in [2.75, 3.05) is 13.2 Å². The Bertz CT molecular complexity index is 1340. The minimum absolute atomic E-state index is 0.0762. The fraction of sp³-hybridized carbons (Fsp3) is 0.261. The molecule has 10 nitrogen and oxygen atoms in total. The second-order valence-electron chi connectivity index (χ2n) is 7.73. The number of amides is 3. The molecule has 12 heteroatoms. The van der Waals surface area contributed by atoms with Gasteiger partial charge in [0.2, 0.25) is 11.8 Å². The highest BCUT2D eigenvalue weighted by molar-refractivity contribution is 6.30. The van der Waals surface area contributed by atoms with Gasteiger partial charge in [0.25, 0.3) is 5.91 Å². The van der Waals surface area contributed by atoms with Gasteiger partial charge in [0.15, 0.2) is 11.4 Å². The molecular weight excluding hydrogens is 479 g/mol. The van der Waals surface area contributed by atoms with Crippen LogP contribution in [0, 0.1) is 12.4 Å². The van der Waals surface area contributed by atoms with Crippen LogP contribution in [-0.4, -0.2) is 56.7 Å². The van der Waals surface area contributed by atoms with E-state index in [4.69, 9.17) is 23.9 Å². The molecule has 0 unspecified atom stereocenters. The molecule has 3 aromatic rings. The van der Waals surface area contributed by atoms with Crippen molar-refractivity contribution in [3.8, 4) is 0 Å². The third kappa shape index (κ3) is 5.74. The number of benzene rings is 2. The van der Waals surface area contributed by atoms with Crippen LogP contribution in [0.5, 0.6) is 0 Å². The van der Waals surface area contributed by atoms with Crippen molar-refractivity contribution < 1.29 is 23.9 Å². The van der Waals surface area contributed by atoms with Crippen molar-refractivity contribution in [2.45, 2.75) is 26.1 Å². The lowest BCUT2D eigenvalue weighted by molar-refractivity contribution is -0.139. The van der Waals surface area contributed by atoms with Gasteiger partial charge in [-0.15, -0.1) is 0 Å². The molecule has 0 saturated heterocycles. The third-order valence-electron chi connectivity index (χ3n) is 5.32. The number of primary amides is 1. The van der Waals surface area contributed by atoms with Gasteiger partial charge < -0.3 is 21.1 Å². The molecule has 3 rings (SSSR count). The molecule has 0 spiro atoms. The molecule has 0 aliphatic rings. The quantitative estimate of drug-likeness (QED) is 0.386. The molecule has 0 aliphatic heterocycles. The fourth-order valence-electron chi connectivity index (χ4n) is 3.44. The molecule has 1 heterocycles. The SMILES string of the molecule is [C-]#[N+]c1ccc2c(c1)c(C(N)=O)nn2CC(=O)N(CC(=O)NCc1cccc(Cl)c1F)[C@H](C)CO.